The predicted octanol–water partition coefficient (Wildman–Crippen LogP) is 7.19. The van der Waals surface area contributed by atoms with Crippen LogP contribution in [-0.4, -0.2) is 29.9 Å². The van der Waals surface area contributed by atoms with Gasteiger partial charge in [0.2, 0.25) is 5.54 Å². The number of ketones is 1. The highest BCUT2D eigenvalue weighted by Gasteiger charge is 2.67. The van der Waals surface area contributed by atoms with Crippen molar-refractivity contribution in [3.63, 3.8) is 0 Å². The molecule has 6 heteroatoms. The van der Waals surface area contributed by atoms with Gasteiger partial charge in [-0.3, -0.25) is 4.79 Å². The highest BCUT2D eigenvalue weighted by atomic mass is 16.5. The summed E-state index contributed by atoms with van der Waals surface area (Å²) in [5.74, 6) is 2.13. The number of carbonyl (C=O) groups is 1. The number of nitriles is 2. The summed E-state index contributed by atoms with van der Waals surface area (Å²) >= 11 is 0. The minimum atomic E-state index is -1.55. The van der Waals surface area contributed by atoms with Gasteiger partial charge in [0.15, 0.2) is 11.5 Å². The Kier molecular flexibility index (Phi) is 6.58. The topological polar surface area (TPSA) is 86.4 Å². The number of hydrogen-bond donors (Lipinski definition) is 0. The third kappa shape index (κ3) is 3.91. The van der Waals surface area contributed by atoms with E-state index in [1.807, 2.05) is 47.5 Å². The van der Waals surface area contributed by atoms with E-state index in [0.29, 0.717) is 35.9 Å². The Hall–Kier alpha value is -3.77. The molecule has 0 unspecified atom stereocenters. The average molecular weight is 562 g/mol. The molecule has 6 aliphatic rings. The van der Waals surface area contributed by atoms with E-state index < -0.39 is 17.4 Å². The fourth-order valence-electron chi connectivity index (χ4n) is 9.75. The van der Waals surface area contributed by atoms with Crippen LogP contribution in [0.3, 0.4) is 0 Å². The van der Waals surface area contributed by atoms with Crippen molar-refractivity contribution in [3.05, 3.63) is 65.4 Å². The smallest absolute Gasteiger partial charge is 0.222 e. The number of hydrogen-bond acceptors (Lipinski definition) is 6. The summed E-state index contributed by atoms with van der Waals surface area (Å²) < 4.78 is 11.8. The van der Waals surface area contributed by atoms with Gasteiger partial charge in [0, 0.05) is 17.5 Å². The lowest BCUT2D eigenvalue weighted by atomic mass is 9.47. The van der Waals surface area contributed by atoms with Crippen LogP contribution in [-0.2, 0) is 4.79 Å². The maximum Gasteiger partial charge on any atom is 0.222 e. The van der Waals surface area contributed by atoms with Gasteiger partial charge >= 0.3 is 0 Å². The summed E-state index contributed by atoms with van der Waals surface area (Å²) in [5, 5.41) is 21.8. The van der Waals surface area contributed by atoms with Crippen LogP contribution >= 0.6 is 0 Å². The lowest BCUT2D eigenvalue weighted by Crippen LogP contribution is -2.52. The van der Waals surface area contributed by atoms with Gasteiger partial charge in [-0.2, -0.15) is 10.5 Å². The third-order valence-corrected chi connectivity index (χ3v) is 11.1. The molecule has 0 amide bonds. The number of nitrogens with zero attached hydrogens (tertiary/aromatic N) is 3. The minimum Gasteiger partial charge on any atom is -0.493 e. The molecule has 2 aromatic rings. The molecule has 8 rings (SSSR count). The van der Waals surface area contributed by atoms with Crippen LogP contribution in [0.2, 0.25) is 0 Å². The van der Waals surface area contributed by atoms with Crippen molar-refractivity contribution < 1.29 is 14.3 Å². The number of carbonyl (C=O) groups excluding carboxylic acids is 1. The Morgan fingerprint density at radius 2 is 1.69 bits per heavy atom. The van der Waals surface area contributed by atoms with Crippen molar-refractivity contribution in [1.29, 1.82) is 10.5 Å². The molecule has 6 nitrogen and oxygen atoms in total. The zero-order valence-corrected chi connectivity index (χ0v) is 24.6. The van der Waals surface area contributed by atoms with Crippen LogP contribution in [0.1, 0.15) is 86.9 Å². The Morgan fingerprint density at radius 3 is 2.33 bits per heavy atom. The number of unbranched alkanes of at least 4 members (excludes halogenated alkanes) is 1. The molecule has 2 heterocycles. The first-order valence-corrected chi connectivity index (χ1v) is 15.7. The molecule has 0 aromatic heterocycles. The first-order valence-electron chi connectivity index (χ1n) is 15.7. The molecular weight excluding hydrogens is 522 g/mol. The lowest BCUT2D eigenvalue weighted by Gasteiger charge is -2.57. The van der Waals surface area contributed by atoms with E-state index in [-0.39, 0.29) is 17.2 Å². The van der Waals surface area contributed by atoms with E-state index in [4.69, 9.17) is 9.47 Å². The van der Waals surface area contributed by atoms with E-state index in [1.165, 1.54) is 19.3 Å². The summed E-state index contributed by atoms with van der Waals surface area (Å²) in [7, 11) is 1.61. The number of rotatable bonds is 8. The molecule has 0 N–H and O–H groups in total. The van der Waals surface area contributed by atoms with Crippen LogP contribution in [0.25, 0.3) is 6.08 Å². The monoisotopic (exact) mass is 561 g/mol. The molecule has 216 valence electrons. The molecule has 4 saturated carbocycles. The highest BCUT2D eigenvalue weighted by Crippen LogP contribution is 2.65. The van der Waals surface area contributed by atoms with Gasteiger partial charge < -0.3 is 14.4 Å². The third-order valence-electron chi connectivity index (χ3n) is 11.1. The molecule has 0 spiro atoms. The second kappa shape index (κ2) is 10.2. The van der Waals surface area contributed by atoms with E-state index in [9.17, 15) is 10.5 Å². The van der Waals surface area contributed by atoms with Gasteiger partial charge in [-0.15, -0.1) is 0 Å². The van der Waals surface area contributed by atoms with E-state index in [1.54, 1.807) is 7.11 Å². The molecule has 4 bridgehead atoms. The quantitative estimate of drug-likeness (QED) is 0.317. The Balaban J connectivity index is 1.39. The first-order chi connectivity index (χ1) is 20.5. The van der Waals surface area contributed by atoms with Gasteiger partial charge in [-0.05, 0) is 97.6 Å². The lowest BCUT2D eigenvalue weighted by molar-refractivity contribution is -0.149. The number of Topliss-reactive ketones (excluding diaryl/α,β-unsaturated/α-hetero) is 1. The van der Waals surface area contributed by atoms with E-state index in [0.717, 1.165) is 48.8 Å². The van der Waals surface area contributed by atoms with Gasteiger partial charge in [-0.1, -0.05) is 43.7 Å². The normalized spacial score (nSPS) is 32.9. The molecule has 3 atom stereocenters. The van der Waals surface area contributed by atoms with Gasteiger partial charge in [0.25, 0.3) is 0 Å². The highest BCUT2D eigenvalue weighted by molar-refractivity contribution is 5.91. The van der Waals surface area contributed by atoms with Gasteiger partial charge in [0.1, 0.15) is 17.9 Å². The molecule has 0 radical (unpaired) electrons. The van der Waals surface area contributed by atoms with Crippen LogP contribution in [0.4, 0.5) is 0 Å². The predicted molar refractivity (Wildman–Crippen MR) is 159 cm³/mol. The number of benzene rings is 2. The summed E-state index contributed by atoms with van der Waals surface area (Å²) in [5.41, 5.74) is 0.929. The van der Waals surface area contributed by atoms with Crippen molar-refractivity contribution in [2.45, 2.75) is 75.8 Å². The zero-order chi connectivity index (χ0) is 29.1. The van der Waals surface area contributed by atoms with Crippen molar-refractivity contribution in [2.24, 2.45) is 29.1 Å². The van der Waals surface area contributed by atoms with Crippen molar-refractivity contribution >= 4 is 11.9 Å². The van der Waals surface area contributed by atoms with Crippen LogP contribution in [0.15, 0.2) is 48.7 Å². The SMILES string of the molecule is CCCCOc1ccc([C@H]2[C@H](C(=O)C34CC5CC(CC(C5)C3)C4)[C@@H]3c4ccccc4C=CN3C2(C#N)C#N)cc1OC. The van der Waals surface area contributed by atoms with Gasteiger partial charge in [0.05, 0.1) is 25.7 Å². The molecular formula is C36H39N3O3. The first kappa shape index (κ1) is 27.1. The number of methoxy groups -OCH3 is 1. The van der Waals surface area contributed by atoms with Crippen molar-refractivity contribution in [3.8, 4) is 23.6 Å². The van der Waals surface area contributed by atoms with Crippen LogP contribution in [0, 0.1) is 51.7 Å². The van der Waals surface area contributed by atoms with E-state index >= 15 is 4.79 Å². The molecule has 4 aliphatic carbocycles. The molecule has 5 fully saturated rings. The standard InChI is InChI=1S/C36H39N3O3/c1-3-4-13-42-29-10-9-27(17-30(29)41-2)32-31(34(40)35-18-23-14-24(19-35)16-25(15-23)20-35)33-28-8-6-5-7-26(28)11-12-39(33)36(32,21-37)22-38/h5-12,17,23-25,31-33H,3-4,13-16,18-20H2,1-2H3/t23?,24?,25?,31-,32-,33-,35?/m0/s1. The van der Waals surface area contributed by atoms with Crippen molar-refractivity contribution in [1.82, 2.24) is 4.90 Å². The number of fused-ring (bicyclic) bond motifs is 3. The molecule has 1 saturated heterocycles. The molecule has 2 aromatic carbocycles. The summed E-state index contributed by atoms with van der Waals surface area (Å²) in [6.07, 6.45) is 12.4. The van der Waals surface area contributed by atoms with Gasteiger partial charge in [-0.25, -0.2) is 0 Å². The summed E-state index contributed by atoms with van der Waals surface area (Å²) in [4.78, 5) is 17.2. The fraction of sp³-hybridized carbons (Fsp3) is 0.528. The maximum atomic E-state index is 15.3. The number of ether oxygens (including phenoxy) is 2. The molecule has 2 aliphatic heterocycles. The van der Waals surface area contributed by atoms with Crippen molar-refractivity contribution in [2.75, 3.05) is 13.7 Å². The maximum absolute atomic E-state index is 15.3. The minimum absolute atomic E-state index is 0.265. The summed E-state index contributed by atoms with van der Waals surface area (Å²) in [6, 6.07) is 18.4. The summed E-state index contributed by atoms with van der Waals surface area (Å²) in [6.45, 7) is 2.70. The zero-order valence-electron chi connectivity index (χ0n) is 24.6. The second-order valence-corrected chi connectivity index (χ2v) is 13.5. The second-order valence-electron chi connectivity index (χ2n) is 13.5. The van der Waals surface area contributed by atoms with Crippen LogP contribution < -0.4 is 9.47 Å². The Bertz CT molecular complexity index is 1460. The largest absolute Gasteiger partial charge is 0.493 e. The molecule has 42 heavy (non-hydrogen) atoms. The average Bonchev–Trinajstić information content (AvgIpc) is 3.31. The van der Waals surface area contributed by atoms with E-state index in [2.05, 4.69) is 31.2 Å². The fourth-order valence-corrected chi connectivity index (χ4v) is 9.75. The Labute approximate surface area is 248 Å². The Morgan fingerprint density at radius 1 is 1.00 bits per heavy atom. The van der Waals surface area contributed by atoms with Crippen LogP contribution in [0.5, 0.6) is 11.5 Å².